The largest absolute Gasteiger partial charge is 0.471 e. The van der Waals surface area contributed by atoms with E-state index in [9.17, 15) is 28.0 Å². The Bertz CT molecular complexity index is 1840. The van der Waals surface area contributed by atoms with Gasteiger partial charge in [0.05, 0.1) is 30.4 Å². The topological polar surface area (TPSA) is 130 Å². The van der Waals surface area contributed by atoms with Gasteiger partial charge in [0.2, 0.25) is 5.95 Å². The summed E-state index contributed by atoms with van der Waals surface area (Å²) in [5.41, 5.74) is 0.151. The maximum Gasteiger partial charge on any atom is 0.471 e. The van der Waals surface area contributed by atoms with Crippen LogP contribution in [0.25, 0.3) is 11.2 Å². The standard InChI is InChI=1S/C29H25F3N8O3/c1-2-3-14-39-23-24(36-27(39)38-15-12-34-13-16-38)37-28(40(25(23)41)18-20-9-5-4-8-19(20)17-33)43-22-11-7-6-10-21(22)35-26(42)29(30,31)32/h4-11,34H,12-16,18H2,1H3,(H,35,42). The van der Waals surface area contributed by atoms with E-state index < -0.39 is 17.6 Å². The normalized spacial score (nSPS) is 13.2. The molecule has 1 aliphatic rings. The third-order valence-corrected chi connectivity index (χ3v) is 6.68. The quantitative estimate of drug-likeness (QED) is 0.314. The second-order valence-corrected chi connectivity index (χ2v) is 9.44. The van der Waals surface area contributed by atoms with Crippen molar-refractivity contribution in [1.82, 2.24) is 24.4 Å². The van der Waals surface area contributed by atoms with E-state index in [-0.39, 0.29) is 41.7 Å². The number of nitrogens with one attached hydrogen (secondary N) is 2. The second kappa shape index (κ2) is 12.3. The van der Waals surface area contributed by atoms with E-state index in [0.29, 0.717) is 43.3 Å². The number of rotatable bonds is 7. The zero-order valence-electron chi connectivity index (χ0n) is 22.9. The molecular formula is C29H25F3N8O3. The average Bonchev–Trinajstić information content (AvgIpc) is 3.37. The van der Waals surface area contributed by atoms with Crippen LogP contribution in [0.4, 0.5) is 24.8 Å². The molecule has 11 nitrogen and oxygen atoms in total. The van der Waals surface area contributed by atoms with Crippen LogP contribution in [0.1, 0.15) is 18.1 Å². The lowest BCUT2D eigenvalue weighted by Gasteiger charge is -2.28. The van der Waals surface area contributed by atoms with Crippen LogP contribution in [0.3, 0.4) is 0 Å². The van der Waals surface area contributed by atoms with Crippen LogP contribution in [-0.4, -0.2) is 57.4 Å². The number of piperazine rings is 1. The molecule has 0 unspecified atom stereocenters. The summed E-state index contributed by atoms with van der Waals surface area (Å²) < 4.78 is 47.9. The number of anilines is 2. The van der Waals surface area contributed by atoms with Crippen molar-refractivity contribution in [2.75, 3.05) is 36.4 Å². The smallest absolute Gasteiger partial charge is 0.423 e. The summed E-state index contributed by atoms with van der Waals surface area (Å²) in [5.74, 6) is 3.92. The number of benzene rings is 2. The average molecular weight is 591 g/mol. The van der Waals surface area contributed by atoms with Crippen molar-refractivity contribution in [3.63, 3.8) is 0 Å². The number of aromatic nitrogens is 4. The van der Waals surface area contributed by atoms with E-state index in [0.717, 1.165) is 0 Å². The van der Waals surface area contributed by atoms with Gasteiger partial charge in [0, 0.05) is 26.2 Å². The SMILES string of the molecule is CC#CCn1c(N2CCNCC2)nc2nc(Oc3ccccc3NC(=O)C(F)(F)F)n(Cc3ccccc3C#N)c(=O)c21. The molecule has 0 radical (unpaired) electrons. The highest BCUT2D eigenvalue weighted by molar-refractivity contribution is 5.96. The Balaban J connectivity index is 1.69. The van der Waals surface area contributed by atoms with Crippen LogP contribution in [0, 0.1) is 23.2 Å². The predicted molar refractivity (Wildman–Crippen MR) is 152 cm³/mol. The van der Waals surface area contributed by atoms with Crippen LogP contribution >= 0.6 is 0 Å². The van der Waals surface area contributed by atoms with Gasteiger partial charge in [0.1, 0.15) is 0 Å². The van der Waals surface area contributed by atoms with Crippen LogP contribution in [0.15, 0.2) is 53.3 Å². The Hall–Kier alpha value is -5.34. The molecule has 0 atom stereocenters. The monoisotopic (exact) mass is 590 g/mol. The number of ether oxygens (including phenoxy) is 1. The van der Waals surface area contributed by atoms with Gasteiger partial charge in [-0.2, -0.15) is 28.4 Å². The van der Waals surface area contributed by atoms with E-state index in [1.165, 1.54) is 28.8 Å². The predicted octanol–water partition coefficient (Wildman–Crippen LogP) is 3.24. The van der Waals surface area contributed by atoms with E-state index in [4.69, 9.17) is 4.74 Å². The van der Waals surface area contributed by atoms with Crippen molar-refractivity contribution in [3.8, 4) is 29.7 Å². The number of nitrogens with zero attached hydrogens (tertiary/aromatic N) is 6. The van der Waals surface area contributed by atoms with Crippen LogP contribution in [0.5, 0.6) is 11.8 Å². The molecule has 2 aromatic carbocycles. The molecule has 220 valence electrons. The molecule has 0 saturated carbocycles. The summed E-state index contributed by atoms with van der Waals surface area (Å²) in [5, 5.41) is 14.7. The summed E-state index contributed by atoms with van der Waals surface area (Å²) in [4.78, 5) is 37.1. The minimum absolute atomic E-state index is 0.0491. The number of amides is 1. The number of alkyl halides is 3. The number of imidazole rings is 1. The van der Waals surface area contributed by atoms with Gasteiger partial charge in [0.15, 0.2) is 16.9 Å². The number of halogens is 3. The molecule has 0 bridgehead atoms. The molecule has 0 aliphatic carbocycles. The fourth-order valence-corrected chi connectivity index (χ4v) is 4.60. The number of carbonyl (C=O) groups is 1. The van der Waals surface area contributed by atoms with E-state index in [1.54, 1.807) is 41.1 Å². The molecule has 2 N–H and O–H groups in total. The molecule has 14 heteroatoms. The molecule has 4 aromatic rings. The lowest BCUT2D eigenvalue weighted by atomic mass is 10.1. The number of hydrogen-bond acceptors (Lipinski definition) is 8. The highest BCUT2D eigenvalue weighted by Crippen LogP contribution is 2.31. The lowest BCUT2D eigenvalue weighted by molar-refractivity contribution is -0.167. The lowest BCUT2D eigenvalue weighted by Crippen LogP contribution is -2.44. The summed E-state index contributed by atoms with van der Waals surface area (Å²) >= 11 is 0. The minimum Gasteiger partial charge on any atom is -0.423 e. The molecule has 5 rings (SSSR count). The molecule has 1 amide bonds. The highest BCUT2D eigenvalue weighted by atomic mass is 19.4. The molecule has 43 heavy (non-hydrogen) atoms. The summed E-state index contributed by atoms with van der Waals surface area (Å²) in [6.07, 6.45) is -5.14. The Morgan fingerprint density at radius 2 is 1.81 bits per heavy atom. The maximum atomic E-state index is 14.2. The molecule has 3 heterocycles. The second-order valence-electron chi connectivity index (χ2n) is 9.44. The summed E-state index contributed by atoms with van der Waals surface area (Å²) in [6.45, 7) is 4.36. The first-order chi connectivity index (χ1) is 20.7. The first kappa shape index (κ1) is 29.2. The Morgan fingerprint density at radius 3 is 2.53 bits per heavy atom. The fraction of sp³-hybridized carbons (Fsp3) is 0.276. The van der Waals surface area contributed by atoms with E-state index >= 15 is 0 Å². The number of nitriles is 1. The Kier molecular flexibility index (Phi) is 8.32. The van der Waals surface area contributed by atoms with Crippen LogP contribution in [0.2, 0.25) is 0 Å². The third kappa shape index (κ3) is 6.14. The molecule has 0 spiro atoms. The summed E-state index contributed by atoms with van der Waals surface area (Å²) in [7, 11) is 0. The third-order valence-electron chi connectivity index (χ3n) is 6.68. The van der Waals surface area contributed by atoms with Gasteiger partial charge in [-0.05, 0) is 30.7 Å². The van der Waals surface area contributed by atoms with Gasteiger partial charge >= 0.3 is 18.1 Å². The molecule has 1 saturated heterocycles. The minimum atomic E-state index is -5.14. The first-order valence-electron chi connectivity index (χ1n) is 13.2. The van der Waals surface area contributed by atoms with Gasteiger partial charge in [-0.25, -0.2) is 0 Å². The van der Waals surface area contributed by atoms with Crippen molar-refractivity contribution in [1.29, 1.82) is 5.26 Å². The van der Waals surface area contributed by atoms with Gasteiger partial charge in [-0.15, -0.1) is 5.92 Å². The maximum absolute atomic E-state index is 14.2. The van der Waals surface area contributed by atoms with E-state index in [2.05, 4.69) is 33.2 Å². The van der Waals surface area contributed by atoms with Crippen LogP contribution < -0.4 is 25.8 Å². The fourth-order valence-electron chi connectivity index (χ4n) is 4.60. The number of carbonyl (C=O) groups excluding carboxylic acids is 1. The van der Waals surface area contributed by atoms with Gasteiger partial charge < -0.3 is 20.3 Å². The Labute approximate surface area is 243 Å². The molecule has 2 aromatic heterocycles. The molecular weight excluding hydrogens is 565 g/mol. The van der Waals surface area contributed by atoms with Crippen molar-refractivity contribution in [3.05, 3.63) is 70.0 Å². The number of para-hydroxylation sites is 2. The Morgan fingerprint density at radius 1 is 1.09 bits per heavy atom. The summed E-state index contributed by atoms with van der Waals surface area (Å²) in [6, 6.07) is 13.9. The number of fused-ring (bicyclic) bond motifs is 1. The van der Waals surface area contributed by atoms with Crippen molar-refractivity contribution >= 4 is 28.7 Å². The molecule has 1 fully saturated rings. The van der Waals surface area contributed by atoms with Gasteiger partial charge in [-0.1, -0.05) is 36.3 Å². The highest BCUT2D eigenvalue weighted by Gasteiger charge is 2.39. The first-order valence-corrected chi connectivity index (χ1v) is 13.2. The zero-order valence-corrected chi connectivity index (χ0v) is 22.9. The van der Waals surface area contributed by atoms with Crippen molar-refractivity contribution < 1.29 is 22.7 Å². The van der Waals surface area contributed by atoms with E-state index in [1.807, 2.05) is 4.90 Å². The van der Waals surface area contributed by atoms with Crippen molar-refractivity contribution in [2.24, 2.45) is 0 Å². The van der Waals surface area contributed by atoms with Gasteiger partial charge in [0.25, 0.3) is 5.56 Å². The molecule has 1 aliphatic heterocycles. The number of hydrogen-bond donors (Lipinski definition) is 2. The zero-order chi connectivity index (χ0) is 30.6. The van der Waals surface area contributed by atoms with Crippen LogP contribution in [-0.2, 0) is 17.9 Å². The van der Waals surface area contributed by atoms with Gasteiger partial charge in [-0.3, -0.25) is 18.7 Å². The van der Waals surface area contributed by atoms with Crippen molar-refractivity contribution in [2.45, 2.75) is 26.2 Å².